The van der Waals surface area contributed by atoms with E-state index in [4.69, 9.17) is 21.1 Å². The van der Waals surface area contributed by atoms with Crippen LogP contribution in [0.2, 0.25) is 5.02 Å². The molecule has 0 fully saturated rings. The van der Waals surface area contributed by atoms with Crippen molar-refractivity contribution in [3.05, 3.63) is 100 Å². The van der Waals surface area contributed by atoms with Crippen LogP contribution in [0.5, 0.6) is 11.5 Å². The summed E-state index contributed by atoms with van der Waals surface area (Å²) in [6.07, 6.45) is 0. The largest absolute Gasteiger partial charge is 0.490 e. The number of fused-ring (bicyclic) bond motifs is 1. The van der Waals surface area contributed by atoms with Gasteiger partial charge in [0.05, 0.1) is 24.9 Å². The summed E-state index contributed by atoms with van der Waals surface area (Å²) in [6.45, 7) is 5.27. The number of aromatic nitrogens is 2. The quantitative estimate of drug-likeness (QED) is 0.318. The molecule has 1 N–H and O–H groups in total. The predicted molar refractivity (Wildman–Crippen MR) is 136 cm³/mol. The molecule has 0 saturated carbocycles. The van der Waals surface area contributed by atoms with Crippen LogP contribution >= 0.6 is 11.6 Å². The Morgan fingerprint density at radius 3 is 2.40 bits per heavy atom. The van der Waals surface area contributed by atoms with E-state index in [2.05, 4.69) is 10.2 Å². The van der Waals surface area contributed by atoms with Crippen molar-refractivity contribution in [2.24, 2.45) is 0 Å². The van der Waals surface area contributed by atoms with Gasteiger partial charge in [-0.2, -0.15) is 5.10 Å². The van der Waals surface area contributed by atoms with Gasteiger partial charge in [-0.1, -0.05) is 66.2 Å². The van der Waals surface area contributed by atoms with E-state index in [1.165, 1.54) is 0 Å². The summed E-state index contributed by atoms with van der Waals surface area (Å²) in [5.74, 6) is 1.21. The third kappa shape index (κ3) is 4.26. The van der Waals surface area contributed by atoms with Gasteiger partial charge in [0.1, 0.15) is 5.69 Å². The van der Waals surface area contributed by atoms with Crippen LogP contribution in [-0.4, -0.2) is 34.2 Å². The molecule has 0 saturated heterocycles. The zero-order chi connectivity index (χ0) is 24.4. The second-order valence-corrected chi connectivity index (χ2v) is 8.63. The summed E-state index contributed by atoms with van der Waals surface area (Å²) in [6, 6.07) is 23.0. The SMILES string of the molecule is CCOc1ccc(C2c3c(-c4ccccc4)n[nH]c3C(=O)N2Cc2ccccc2Cl)cc1OCC. The maximum atomic E-state index is 13.7. The van der Waals surface area contributed by atoms with Crippen molar-refractivity contribution < 1.29 is 14.3 Å². The molecule has 1 aliphatic heterocycles. The van der Waals surface area contributed by atoms with Crippen LogP contribution < -0.4 is 9.47 Å². The smallest absolute Gasteiger partial charge is 0.273 e. The topological polar surface area (TPSA) is 67.5 Å². The molecule has 0 spiro atoms. The highest BCUT2D eigenvalue weighted by Crippen LogP contribution is 2.45. The Morgan fingerprint density at radius 1 is 0.943 bits per heavy atom. The number of H-pyrrole nitrogens is 1. The van der Waals surface area contributed by atoms with Crippen LogP contribution in [0.25, 0.3) is 11.3 Å². The third-order valence-corrected chi connectivity index (χ3v) is 6.46. The normalized spacial score (nSPS) is 14.8. The van der Waals surface area contributed by atoms with Gasteiger partial charge >= 0.3 is 0 Å². The van der Waals surface area contributed by atoms with E-state index >= 15 is 0 Å². The molecule has 1 unspecified atom stereocenters. The minimum absolute atomic E-state index is 0.119. The fourth-order valence-electron chi connectivity index (χ4n) is 4.57. The Labute approximate surface area is 209 Å². The second kappa shape index (κ2) is 9.84. The van der Waals surface area contributed by atoms with Gasteiger partial charge in [-0.15, -0.1) is 0 Å². The lowest BCUT2D eigenvalue weighted by atomic mass is 9.95. The van der Waals surface area contributed by atoms with E-state index in [0.717, 1.165) is 27.9 Å². The van der Waals surface area contributed by atoms with E-state index in [0.29, 0.717) is 42.0 Å². The van der Waals surface area contributed by atoms with Crippen LogP contribution in [0.4, 0.5) is 0 Å². The maximum absolute atomic E-state index is 13.7. The molecule has 6 nitrogen and oxygen atoms in total. The van der Waals surface area contributed by atoms with Crippen molar-refractivity contribution in [1.82, 2.24) is 15.1 Å². The van der Waals surface area contributed by atoms with E-state index in [-0.39, 0.29) is 11.9 Å². The molecular weight excluding hydrogens is 462 g/mol. The van der Waals surface area contributed by atoms with Crippen molar-refractivity contribution in [3.63, 3.8) is 0 Å². The molecule has 0 bridgehead atoms. The van der Waals surface area contributed by atoms with Crippen LogP contribution in [0.1, 0.15) is 47.1 Å². The summed E-state index contributed by atoms with van der Waals surface area (Å²) in [4.78, 5) is 15.5. The number of benzene rings is 3. The summed E-state index contributed by atoms with van der Waals surface area (Å²) < 4.78 is 11.7. The minimum Gasteiger partial charge on any atom is -0.490 e. The van der Waals surface area contributed by atoms with Crippen molar-refractivity contribution in [1.29, 1.82) is 0 Å². The van der Waals surface area contributed by atoms with Crippen molar-refractivity contribution in [2.75, 3.05) is 13.2 Å². The van der Waals surface area contributed by atoms with Gasteiger partial charge in [-0.05, 0) is 43.2 Å². The molecule has 1 amide bonds. The zero-order valence-corrected chi connectivity index (χ0v) is 20.4. The summed E-state index contributed by atoms with van der Waals surface area (Å²) in [5, 5.41) is 8.17. The average molecular weight is 488 g/mol. The highest BCUT2D eigenvalue weighted by Gasteiger charge is 2.42. The molecule has 4 aromatic rings. The van der Waals surface area contributed by atoms with Gasteiger partial charge in [0.25, 0.3) is 5.91 Å². The van der Waals surface area contributed by atoms with Crippen molar-refractivity contribution in [2.45, 2.75) is 26.4 Å². The number of hydrogen-bond donors (Lipinski definition) is 1. The molecule has 1 atom stereocenters. The number of halogens is 1. The number of nitrogens with one attached hydrogen (secondary N) is 1. The Bertz CT molecular complexity index is 1350. The van der Waals surface area contributed by atoms with E-state index < -0.39 is 0 Å². The Kier molecular flexibility index (Phi) is 6.47. The van der Waals surface area contributed by atoms with Gasteiger partial charge in [-0.3, -0.25) is 9.89 Å². The third-order valence-electron chi connectivity index (χ3n) is 6.09. The molecule has 3 aromatic carbocycles. The zero-order valence-electron chi connectivity index (χ0n) is 19.6. The molecule has 1 aromatic heterocycles. The molecular formula is C28H26ClN3O3. The highest BCUT2D eigenvalue weighted by atomic mass is 35.5. The Morgan fingerprint density at radius 2 is 1.66 bits per heavy atom. The molecule has 0 aliphatic carbocycles. The molecule has 35 heavy (non-hydrogen) atoms. The minimum atomic E-state index is -0.377. The Hall–Kier alpha value is -3.77. The summed E-state index contributed by atoms with van der Waals surface area (Å²) >= 11 is 6.48. The van der Waals surface area contributed by atoms with Crippen LogP contribution in [0.3, 0.4) is 0 Å². The Balaban J connectivity index is 1.66. The number of hydrogen-bond acceptors (Lipinski definition) is 4. The first-order chi connectivity index (χ1) is 17.1. The number of ether oxygens (including phenoxy) is 2. The predicted octanol–water partition coefficient (Wildman–Crippen LogP) is 6.27. The van der Waals surface area contributed by atoms with Gasteiger partial charge in [0.2, 0.25) is 0 Å². The number of aromatic amines is 1. The monoisotopic (exact) mass is 487 g/mol. The molecule has 1 aliphatic rings. The van der Waals surface area contributed by atoms with Gasteiger partial charge in [-0.25, -0.2) is 0 Å². The number of carbonyl (C=O) groups is 1. The van der Waals surface area contributed by atoms with Crippen molar-refractivity contribution in [3.8, 4) is 22.8 Å². The molecule has 5 rings (SSSR count). The lowest BCUT2D eigenvalue weighted by molar-refractivity contribution is 0.0730. The summed E-state index contributed by atoms with van der Waals surface area (Å²) in [5.41, 5.74) is 4.83. The number of rotatable bonds is 8. The van der Waals surface area contributed by atoms with Crippen LogP contribution in [0, 0.1) is 0 Å². The first kappa shape index (κ1) is 23.0. The molecule has 7 heteroatoms. The van der Waals surface area contributed by atoms with E-state index in [1.807, 2.05) is 91.5 Å². The lowest BCUT2D eigenvalue weighted by Crippen LogP contribution is -2.29. The maximum Gasteiger partial charge on any atom is 0.273 e. The standard InChI is InChI=1S/C28H26ClN3O3/c1-3-34-22-15-14-19(16-23(22)35-4-2)27-24-25(18-10-6-5-7-11-18)30-31-26(24)28(33)32(27)17-20-12-8-9-13-21(20)29/h5-16,27H,3-4,17H2,1-2H3,(H,30,31). The number of carbonyl (C=O) groups excluding carboxylic acids is 1. The molecule has 2 heterocycles. The first-order valence-electron chi connectivity index (χ1n) is 11.7. The van der Waals surface area contributed by atoms with Crippen LogP contribution in [-0.2, 0) is 6.54 Å². The molecule has 0 radical (unpaired) electrons. The lowest BCUT2D eigenvalue weighted by Gasteiger charge is -2.27. The van der Waals surface area contributed by atoms with Crippen molar-refractivity contribution >= 4 is 17.5 Å². The van der Waals surface area contributed by atoms with Crippen LogP contribution in [0.15, 0.2) is 72.8 Å². The van der Waals surface area contributed by atoms with E-state index in [1.54, 1.807) is 0 Å². The van der Waals surface area contributed by atoms with E-state index in [9.17, 15) is 4.79 Å². The van der Waals surface area contributed by atoms with Gasteiger partial charge in [0.15, 0.2) is 11.5 Å². The first-order valence-corrected chi connectivity index (χ1v) is 12.1. The fourth-order valence-corrected chi connectivity index (χ4v) is 4.77. The number of amides is 1. The van der Waals surface area contributed by atoms with Gasteiger partial charge < -0.3 is 14.4 Å². The highest BCUT2D eigenvalue weighted by molar-refractivity contribution is 6.31. The number of nitrogens with zero attached hydrogens (tertiary/aromatic N) is 2. The van der Waals surface area contributed by atoms with Gasteiger partial charge in [0, 0.05) is 22.7 Å². The fraction of sp³-hybridized carbons (Fsp3) is 0.214. The summed E-state index contributed by atoms with van der Waals surface area (Å²) in [7, 11) is 0. The average Bonchev–Trinajstić information content (AvgIpc) is 3.42. The molecule has 178 valence electrons. The second-order valence-electron chi connectivity index (χ2n) is 8.23.